The number of Topliss-reactive ketones (excluding diaryl/α,β-unsaturated/α-hetero) is 1. The number of amides is 1. The number of hydrogen-bond donors (Lipinski definition) is 1. The number of rotatable bonds is 8. The molecule has 34 heavy (non-hydrogen) atoms. The third kappa shape index (κ3) is 4.84. The van der Waals surface area contributed by atoms with Crippen molar-refractivity contribution in [3.05, 3.63) is 107 Å². The van der Waals surface area contributed by atoms with Gasteiger partial charge in [-0.05, 0) is 47.5 Å². The fraction of sp³-hybridized carbons (Fsp3) is 0.185. The van der Waals surface area contributed by atoms with E-state index in [0.717, 1.165) is 5.56 Å². The Kier molecular flexibility index (Phi) is 7.04. The fourth-order valence-corrected chi connectivity index (χ4v) is 3.90. The molecule has 7 heteroatoms. The molecule has 1 aliphatic heterocycles. The number of aliphatic hydroxyl groups is 1. The fourth-order valence-electron chi connectivity index (χ4n) is 3.90. The van der Waals surface area contributed by atoms with Crippen LogP contribution < -0.4 is 4.74 Å². The lowest BCUT2D eigenvalue weighted by molar-refractivity contribution is -0.140. The Morgan fingerprint density at radius 1 is 0.971 bits per heavy atom. The van der Waals surface area contributed by atoms with Crippen LogP contribution >= 0.6 is 0 Å². The van der Waals surface area contributed by atoms with Crippen LogP contribution in [0.1, 0.15) is 22.7 Å². The maximum atomic E-state index is 13.4. The molecule has 0 radical (unpaired) electrons. The van der Waals surface area contributed by atoms with Crippen LogP contribution in [0.5, 0.6) is 5.75 Å². The average molecular weight is 461 g/mol. The molecule has 0 aromatic heterocycles. The molecule has 6 nitrogen and oxygen atoms in total. The van der Waals surface area contributed by atoms with E-state index in [-0.39, 0.29) is 30.0 Å². The van der Waals surface area contributed by atoms with E-state index in [1.165, 1.54) is 36.3 Å². The molecular weight excluding hydrogens is 437 g/mol. The standard InChI is InChI=1S/C27H24FNO5/c1-33-16-15-29-24(19-9-13-22(14-10-19)34-17-18-5-3-2-4-6-18)23(26(31)27(29)32)25(30)20-7-11-21(28)12-8-20/h2-14,24,30H,15-17H2,1H3/b25-23-. The third-order valence-electron chi connectivity index (χ3n) is 5.64. The number of ketones is 1. The molecule has 1 heterocycles. The lowest BCUT2D eigenvalue weighted by Gasteiger charge is -2.25. The van der Waals surface area contributed by atoms with Gasteiger partial charge in [0.05, 0.1) is 18.2 Å². The van der Waals surface area contributed by atoms with Crippen LogP contribution in [0.3, 0.4) is 0 Å². The quantitative estimate of drug-likeness (QED) is 0.304. The predicted molar refractivity (Wildman–Crippen MR) is 125 cm³/mol. The Morgan fingerprint density at radius 3 is 2.29 bits per heavy atom. The van der Waals surface area contributed by atoms with Crippen LogP contribution in [-0.2, 0) is 20.9 Å². The number of carbonyl (C=O) groups is 2. The number of nitrogens with zero attached hydrogens (tertiary/aromatic N) is 1. The van der Waals surface area contributed by atoms with Crippen molar-refractivity contribution in [3.63, 3.8) is 0 Å². The Hall–Kier alpha value is -3.97. The van der Waals surface area contributed by atoms with Crippen molar-refractivity contribution in [1.82, 2.24) is 4.90 Å². The Bertz CT molecular complexity index is 1190. The minimum absolute atomic E-state index is 0.0503. The number of benzene rings is 3. The van der Waals surface area contributed by atoms with Crippen molar-refractivity contribution in [2.24, 2.45) is 0 Å². The highest BCUT2D eigenvalue weighted by molar-refractivity contribution is 6.46. The lowest BCUT2D eigenvalue weighted by atomic mass is 9.95. The first kappa shape index (κ1) is 23.2. The van der Waals surface area contributed by atoms with Crippen molar-refractivity contribution < 1.29 is 28.6 Å². The van der Waals surface area contributed by atoms with Crippen molar-refractivity contribution in [2.75, 3.05) is 20.3 Å². The van der Waals surface area contributed by atoms with Gasteiger partial charge in [0.1, 0.15) is 23.9 Å². The number of methoxy groups -OCH3 is 1. The zero-order chi connectivity index (χ0) is 24.1. The summed E-state index contributed by atoms with van der Waals surface area (Å²) in [6, 6.07) is 21.1. The maximum absolute atomic E-state index is 13.4. The second-order valence-electron chi connectivity index (χ2n) is 7.84. The topological polar surface area (TPSA) is 76.1 Å². The summed E-state index contributed by atoms with van der Waals surface area (Å²) < 4.78 is 24.3. The predicted octanol–water partition coefficient (Wildman–Crippen LogP) is 4.47. The SMILES string of the molecule is COCCN1C(=O)C(=O)/C(=C(\O)c2ccc(F)cc2)C1c1ccc(OCc2ccccc2)cc1. The van der Waals surface area contributed by atoms with E-state index >= 15 is 0 Å². The summed E-state index contributed by atoms with van der Waals surface area (Å²) in [6.07, 6.45) is 0. The van der Waals surface area contributed by atoms with Crippen LogP contribution in [0.15, 0.2) is 84.4 Å². The molecule has 1 fully saturated rings. The highest BCUT2D eigenvalue weighted by Gasteiger charge is 2.45. The molecule has 3 aromatic rings. The van der Waals surface area contributed by atoms with E-state index in [4.69, 9.17) is 9.47 Å². The molecule has 0 spiro atoms. The molecule has 0 bridgehead atoms. The van der Waals surface area contributed by atoms with E-state index in [0.29, 0.717) is 17.9 Å². The zero-order valence-electron chi connectivity index (χ0n) is 18.6. The lowest BCUT2D eigenvalue weighted by Crippen LogP contribution is -2.32. The van der Waals surface area contributed by atoms with E-state index in [1.807, 2.05) is 30.3 Å². The molecular formula is C27H24FNO5. The molecule has 1 N–H and O–H groups in total. The largest absolute Gasteiger partial charge is 0.507 e. The molecule has 1 amide bonds. The summed E-state index contributed by atoms with van der Waals surface area (Å²) in [7, 11) is 1.50. The summed E-state index contributed by atoms with van der Waals surface area (Å²) in [5.41, 5.74) is 1.86. The molecule has 1 atom stereocenters. The molecule has 1 unspecified atom stereocenters. The van der Waals surface area contributed by atoms with E-state index in [1.54, 1.807) is 24.3 Å². The van der Waals surface area contributed by atoms with Gasteiger partial charge in [0, 0.05) is 19.2 Å². The van der Waals surface area contributed by atoms with Crippen molar-refractivity contribution in [3.8, 4) is 5.75 Å². The Labute approximate surface area is 196 Å². The maximum Gasteiger partial charge on any atom is 0.295 e. The molecule has 0 aliphatic carbocycles. The second-order valence-corrected chi connectivity index (χ2v) is 7.84. The first-order valence-corrected chi connectivity index (χ1v) is 10.8. The highest BCUT2D eigenvalue weighted by atomic mass is 19.1. The van der Waals surface area contributed by atoms with E-state index in [9.17, 15) is 19.1 Å². The minimum Gasteiger partial charge on any atom is -0.507 e. The number of likely N-dealkylation sites (tertiary alicyclic amines) is 1. The molecule has 3 aromatic carbocycles. The van der Waals surface area contributed by atoms with Crippen LogP contribution in [0.25, 0.3) is 5.76 Å². The van der Waals surface area contributed by atoms with Gasteiger partial charge in [0.25, 0.3) is 11.7 Å². The van der Waals surface area contributed by atoms with Crippen LogP contribution in [-0.4, -0.2) is 42.0 Å². The van der Waals surface area contributed by atoms with E-state index in [2.05, 4.69) is 0 Å². The molecule has 174 valence electrons. The van der Waals surface area contributed by atoms with E-state index < -0.39 is 23.5 Å². The van der Waals surface area contributed by atoms with Crippen LogP contribution in [0.4, 0.5) is 4.39 Å². The van der Waals surface area contributed by atoms with Gasteiger partial charge >= 0.3 is 0 Å². The van der Waals surface area contributed by atoms with Crippen molar-refractivity contribution in [1.29, 1.82) is 0 Å². The highest BCUT2D eigenvalue weighted by Crippen LogP contribution is 2.39. The van der Waals surface area contributed by atoms with Gasteiger partial charge in [0.15, 0.2) is 0 Å². The minimum atomic E-state index is -0.816. The molecule has 0 saturated carbocycles. The monoisotopic (exact) mass is 461 g/mol. The smallest absolute Gasteiger partial charge is 0.295 e. The van der Waals surface area contributed by atoms with Gasteiger partial charge in [0.2, 0.25) is 0 Å². The molecule has 1 saturated heterocycles. The number of aliphatic hydroxyl groups excluding tert-OH is 1. The second kappa shape index (κ2) is 10.3. The zero-order valence-corrected chi connectivity index (χ0v) is 18.6. The molecule has 1 aliphatic rings. The first-order valence-electron chi connectivity index (χ1n) is 10.8. The van der Waals surface area contributed by atoms with Gasteiger partial charge in [-0.15, -0.1) is 0 Å². The van der Waals surface area contributed by atoms with Crippen LogP contribution in [0.2, 0.25) is 0 Å². The van der Waals surface area contributed by atoms with Crippen molar-refractivity contribution in [2.45, 2.75) is 12.6 Å². The van der Waals surface area contributed by atoms with Gasteiger partial charge < -0.3 is 19.5 Å². The summed E-state index contributed by atoms with van der Waals surface area (Å²) in [5, 5.41) is 10.9. The first-order chi connectivity index (χ1) is 16.5. The normalized spacial score (nSPS) is 17.2. The number of halogens is 1. The van der Waals surface area contributed by atoms with Crippen molar-refractivity contribution >= 4 is 17.4 Å². The summed E-state index contributed by atoms with van der Waals surface area (Å²) in [5.74, 6) is -1.73. The third-order valence-corrected chi connectivity index (χ3v) is 5.64. The van der Waals surface area contributed by atoms with Gasteiger partial charge in [-0.3, -0.25) is 9.59 Å². The number of carbonyl (C=O) groups excluding carboxylic acids is 2. The summed E-state index contributed by atoms with van der Waals surface area (Å²) in [6.45, 7) is 0.785. The van der Waals surface area contributed by atoms with Gasteiger partial charge in [-0.25, -0.2) is 4.39 Å². The average Bonchev–Trinajstić information content (AvgIpc) is 3.12. The number of ether oxygens (including phenoxy) is 2. The number of hydrogen-bond acceptors (Lipinski definition) is 5. The molecule has 4 rings (SSSR count). The van der Waals surface area contributed by atoms with Gasteiger partial charge in [-0.2, -0.15) is 0 Å². The Morgan fingerprint density at radius 2 is 1.65 bits per heavy atom. The van der Waals surface area contributed by atoms with Crippen LogP contribution in [0, 0.1) is 5.82 Å². The Balaban J connectivity index is 1.67. The summed E-state index contributed by atoms with van der Waals surface area (Å²) in [4.78, 5) is 27.1. The van der Waals surface area contributed by atoms with Gasteiger partial charge in [-0.1, -0.05) is 42.5 Å². The summed E-state index contributed by atoms with van der Waals surface area (Å²) >= 11 is 0.